The zero-order valence-corrected chi connectivity index (χ0v) is 16.4. The predicted molar refractivity (Wildman–Crippen MR) is 109 cm³/mol. The number of hydrogen-bond donors (Lipinski definition) is 1. The highest BCUT2D eigenvalue weighted by atomic mass is 32.1. The van der Waals surface area contributed by atoms with Crippen molar-refractivity contribution in [3.05, 3.63) is 58.9 Å². The maximum Gasteiger partial charge on any atom is 0.270 e. The number of aromatic nitrogens is 4. The Morgan fingerprint density at radius 1 is 1.14 bits per heavy atom. The topological polar surface area (TPSA) is 87.1 Å². The van der Waals surface area contributed by atoms with E-state index in [9.17, 15) is 4.79 Å². The number of rotatable bonds is 5. The second-order valence-corrected chi connectivity index (χ2v) is 7.41. The van der Waals surface area contributed by atoms with Crippen LogP contribution in [0.15, 0.2) is 42.7 Å². The summed E-state index contributed by atoms with van der Waals surface area (Å²) < 4.78 is 3.80. The Morgan fingerprint density at radius 2 is 1.93 bits per heavy atom. The molecule has 1 saturated heterocycles. The average molecular weight is 395 g/mol. The van der Waals surface area contributed by atoms with Gasteiger partial charge in [0.2, 0.25) is 0 Å². The SMILES string of the molecule is Cc1nnsc1C(=O)Nc1cc(N2CCN(Cc3ccccc3)CC2)ncn1. The fraction of sp³-hybridized carbons (Fsp3) is 0.316. The van der Waals surface area contributed by atoms with Gasteiger partial charge in [-0.3, -0.25) is 9.69 Å². The predicted octanol–water partition coefficient (Wildman–Crippen LogP) is 2.21. The quantitative estimate of drug-likeness (QED) is 0.709. The second kappa shape index (κ2) is 8.41. The summed E-state index contributed by atoms with van der Waals surface area (Å²) in [7, 11) is 0. The van der Waals surface area contributed by atoms with Crippen molar-refractivity contribution in [1.82, 2.24) is 24.5 Å². The standard InChI is InChI=1S/C19H21N7OS/c1-14-18(28-24-23-14)19(27)22-16-11-17(21-13-20-16)26-9-7-25(8-10-26)12-15-5-3-2-4-6-15/h2-6,11,13H,7-10,12H2,1H3,(H,20,21,22,27). The van der Waals surface area contributed by atoms with E-state index in [4.69, 9.17) is 0 Å². The van der Waals surface area contributed by atoms with Crippen LogP contribution in [-0.4, -0.2) is 56.5 Å². The van der Waals surface area contributed by atoms with Gasteiger partial charge in [-0.25, -0.2) is 9.97 Å². The number of aryl methyl sites for hydroxylation is 1. The minimum atomic E-state index is -0.246. The molecule has 0 bridgehead atoms. The van der Waals surface area contributed by atoms with Crippen molar-refractivity contribution in [1.29, 1.82) is 0 Å². The van der Waals surface area contributed by atoms with Crippen molar-refractivity contribution in [3.8, 4) is 0 Å². The first-order valence-electron chi connectivity index (χ1n) is 9.12. The van der Waals surface area contributed by atoms with Gasteiger partial charge in [-0.2, -0.15) is 0 Å². The number of anilines is 2. The molecule has 1 fully saturated rings. The lowest BCUT2D eigenvalue weighted by Gasteiger charge is -2.35. The van der Waals surface area contributed by atoms with Crippen molar-refractivity contribution in [2.75, 3.05) is 36.4 Å². The Labute approximate surface area is 167 Å². The molecule has 1 aliphatic heterocycles. The highest BCUT2D eigenvalue weighted by molar-refractivity contribution is 7.08. The summed E-state index contributed by atoms with van der Waals surface area (Å²) in [6.45, 7) is 6.42. The van der Waals surface area contributed by atoms with Crippen LogP contribution in [0.3, 0.4) is 0 Å². The molecule has 1 aliphatic rings. The zero-order chi connectivity index (χ0) is 19.3. The number of piperazine rings is 1. The number of nitrogens with zero attached hydrogens (tertiary/aromatic N) is 6. The van der Waals surface area contributed by atoms with Crippen molar-refractivity contribution < 1.29 is 4.79 Å². The van der Waals surface area contributed by atoms with E-state index >= 15 is 0 Å². The minimum absolute atomic E-state index is 0.246. The van der Waals surface area contributed by atoms with E-state index in [-0.39, 0.29) is 5.91 Å². The second-order valence-electron chi connectivity index (χ2n) is 6.65. The molecular weight excluding hydrogens is 374 g/mol. The van der Waals surface area contributed by atoms with Crippen LogP contribution in [0.1, 0.15) is 20.9 Å². The van der Waals surface area contributed by atoms with Crippen LogP contribution >= 0.6 is 11.5 Å². The van der Waals surface area contributed by atoms with Crippen LogP contribution < -0.4 is 10.2 Å². The fourth-order valence-electron chi connectivity index (χ4n) is 3.18. The van der Waals surface area contributed by atoms with Crippen molar-refractivity contribution in [2.24, 2.45) is 0 Å². The molecule has 2 aromatic heterocycles. The lowest BCUT2D eigenvalue weighted by molar-refractivity contribution is 0.102. The average Bonchev–Trinajstić information content (AvgIpc) is 3.16. The van der Waals surface area contributed by atoms with E-state index in [1.54, 1.807) is 6.92 Å². The summed E-state index contributed by atoms with van der Waals surface area (Å²) in [6.07, 6.45) is 1.49. The molecule has 0 saturated carbocycles. The van der Waals surface area contributed by atoms with E-state index in [1.165, 1.54) is 11.9 Å². The molecule has 0 radical (unpaired) electrons. The summed E-state index contributed by atoms with van der Waals surface area (Å²) in [5, 5.41) is 6.68. The van der Waals surface area contributed by atoms with E-state index < -0.39 is 0 Å². The molecule has 3 heterocycles. The van der Waals surface area contributed by atoms with Gasteiger partial charge in [0, 0.05) is 38.8 Å². The van der Waals surface area contributed by atoms with Crippen molar-refractivity contribution >= 4 is 29.1 Å². The number of carbonyl (C=O) groups is 1. The molecule has 1 amide bonds. The lowest BCUT2D eigenvalue weighted by Crippen LogP contribution is -2.46. The number of benzene rings is 1. The van der Waals surface area contributed by atoms with Crippen molar-refractivity contribution in [2.45, 2.75) is 13.5 Å². The van der Waals surface area contributed by atoms with E-state index in [0.717, 1.165) is 50.1 Å². The lowest BCUT2D eigenvalue weighted by atomic mass is 10.2. The van der Waals surface area contributed by atoms with Crippen LogP contribution in [0.4, 0.5) is 11.6 Å². The Balaban J connectivity index is 1.36. The largest absolute Gasteiger partial charge is 0.354 e. The molecule has 1 N–H and O–H groups in total. The van der Waals surface area contributed by atoms with Crippen molar-refractivity contribution in [3.63, 3.8) is 0 Å². The maximum atomic E-state index is 12.3. The molecule has 0 spiro atoms. The number of carbonyl (C=O) groups excluding carboxylic acids is 1. The third-order valence-electron chi connectivity index (χ3n) is 4.70. The third kappa shape index (κ3) is 4.32. The first kappa shape index (κ1) is 18.5. The number of nitrogens with one attached hydrogen (secondary N) is 1. The van der Waals surface area contributed by atoms with Gasteiger partial charge in [0.1, 0.15) is 22.8 Å². The van der Waals surface area contributed by atoms with Crippen LogP contribution in [0.25, 0.3) is 0 Å². The molecule has 8 nitrogen and oxygen atoms in total. The Morgan fingerprint density at radius 3 is 2.64 bits per heavy atom. The molecule has 9 heteroatoms. The molecule has 144 valence electrons. The monoisotopic (exact) mass is 395 g/mol. The highest BCUT2D eigenvalue weighted by Crippen LogP contribution is 2.18. The highest BCUT2D eigenvalue weighted by Gasteiger charge is 2.19. The maximum absolute atomic E-state index is 12.3. The normalized spacial score (nSPS) is 14.8. The van der Waals surface area contributed by atoms with E-state index in [2.05, 4.69) is 58.9 Å². The first-order valence-corrected chi connectivity index (χ1v) is 9.90. The number of hydrogen-bond acceptors (Lipinski definition) is 8. The Bertz CT molecular complexity index is 938. The van der Waals surface area contributed by atoms with Crippen LogP contribution in [0, 0.1) is 6.92 Å². The molecule has 4 rings (SSSR count). The Hall–Kier alpha value is -2.91. The fourth-order valence-corrected chi connectivity index (χ4v) is 3.73. The van der Waals surface area contributed by atoms with E-state index in [0.29, 0.717) is 16.4 Å². The molecule has 0 atom stereocenters. The van der Waals surface area contributed by atoms with Gasteiger partial charge < -0.3 is 10.2 Å². The van der Waals surface area contributed by atoms with Gasteiger partial charge in [0.25, 0.3) is 5.91 Å². The first-order chi connectivity index (χ1) is 13.7. The molecule has 28 heavy (non-hydrogen) atoms. The smallest absolute Gasteiger partial charge is 0.270 e. The molecule has 1 aromatic carbocycles. The van der Waals surface area contributed by atoms with E-state index in [1.807, 2.05) is 12.1 Å². The van der Waals surface area contributed by atoms with Gasteiger partial charge in [0.05, 0.1) is 5.69 Å². The summed E-state index contributed by atoms with van der Waals surface area (Å²) in [4.78, 5) is 26.0. The van der Waals surface area contributed by atoms with Gasteiger partial charge in [-0.1, -0.05) is 34.8 Å². The Kier molecular flexibility index (Phi) is 5.54. The molecule has 0 aliphatic carbocycles. The molecule has 3 aromatic rings. The zero-order valence-electron chi connectivity index (χ0n) is 15.6. The van der Waals surface area contributed by atoms with Crippen LogP contribution in [-0.2, 0) is 6.54 Å². The summed E-state index contributed by atoms with van der Waals surface area (Å²) in [5.74, 6) is 1.06. The van der Waals surface area contributed by atoms with Gasteiger partial charge >= 0.3 is 0 Å². The summed E-state index contributed by atoms with van der Waals surface area (Å²) in [5.41, 5.74) is 1.95. The third-order valence-corrected chi connectivity index (χ3v) is 5.52. The summed E-state index contributed by atoms with van der Waals surface area (Å²) in [6, 6.07) is 12.3. The summed E-state index contributed by atoms with van der Waals surface area (Å²) >= 11 is 1.08. The van der Waals surface area contributed by atoms with Crippen LogP contribution in [0.5, 0.6) is 0 Å². The molecule has 0 unspecified atom stereocenters. The van der Waals surface area contributed by atoms with Gasteiger partial charge in [0.15, 0.2) is 0 Å². The van der Waals surface area contributed by atoms with Crippen LogP contribution in [0.2, 0.25) is 0 Å². The minimum Gasteiger partial charge on any atom is -0.354 e. The van der Waals surface area contributed by atoms with Gasteiger partial charge in [-0.05, 0) is 24.0 Å². The number of amides is 1. The molecular formula is C19H21N7OS. The van der Waals surface area contributed by atoms with Gasteiger partial charge in [-0.15, -0.1) is 5.10 Å².